The van der Waals surface area contributed by atoms with Crippen LogP contribution in [0.5, 0.6) is 5.75 Å². The Balaban J connectivity index is 2.58. The van der Waals surface area contributed by atoms with E-state index in [0.717, 1.165) is 6.08 Å². The quantitative estimate of drug-likeness (QED) is 0.842. The Kier molecular flexibility index (Phi) is 4.89. The standard InChI is InChI=1S/C16H12Cl2O3/c1-21-12-5-2-10(3-6-12)13(9-16(19)20)14-8-11(17)4-7-15(14)18/h2-9H,1H3,(H,19,20). The van der Waals surface area contributed by atoms with Crippen LogP contribution in [0.2, 0.25) is 10.0 Å². The SMILES string of the molecule is COc1ccc(C(=CC(=O)O)c2cc(Cl)ccc2Cl)cc1. The molecule has 0 aromatic heterocycles. The van der Waals surface area contributed by atoms with Crippen LogP contribution in [0.1, 0.15) is 11.1 Å². The number of carbonyl (C=O) groups is 1. The van der Waals surface area contributed by atoms with Gasteiger partial charge in [0, 0.05) is 21.7 Å². The van der Waals surface area contributed by atoms with Crippen molar-refractivity contribution in [3.05, 3.63) is 69.7 Å². The van der Waals surface area contributed by atoms with Gasteiger partial charge in [0.15, 0.2) is 0 Å². The van der Waals surface area contributed by atoms with Gasteiger partial charge >= 0.3 is 5.97 Å². The molecule has 0 saturated heterocycles. The second-order valence-electron chi connectivity index (χ2n) is 4.25. The number of halogens is 2. The van der Waals surface area contributed by atoms with Crippen molar-refractivity contribution >= 4 is 34.7 Å². The molecule has 3 nitrogen and oxygen atoms in total. The highest BCUT2D eigenvalue weighted by Crippen LogP contribution is 2.32. The lowest BCUT2D eigenvalue weighted by Crippen LogP contribution is -1.96. The molecule has 0 aliphatic rings. The Labute approximate surface area is 132 Å². The number of carboxylic acid groups (broad SMARTS) is 1. The average molecular weight is 323 g/mol. The highest BCUT2D eigenvalue weighted by molar-refractivity contribution is 6.34. The zero-order chi connectivity index (χ0) is 15.4. The molecular formula is C16H12Cl2O3. The van der Waals surface area contributed by atoms with Gasteiger partial charge in [-0.3, -0.25) is 0 Å². The van der Waals surface area contributed by atoms with Crippen LogP contribution in [0, 0.1) is 0 Å². The molecule has 0 amide bonds. The third kappa shape index (κ3) is 3.78. The van der Waals surface area contributed by atoms with E-state index in [1.165, 1.54) is 0 Å². The highest BCUT2D eigenvalue weighted by Gasteiger charge is 2.12. The van der Waals surface area contributed by atoms with Gasteiger partial charge in [0.25, 0.3) is 0 Å². The number of hydrogen-bond donors (Lipinski definition) is 1. The van der Waals surface area contributed by atoms with Crippen molar-refractivity contribution < 1.29 is 14.6 Å². The van der Waals surface area contributed by atoms with Gasteiger partial charge in [-0.15, -0.1) is 0 Å². The zero-order valence-electron chi connectivity index (χ0n) is 11.1. The smallest absolute Gasteiger partial charge is 0.328 e. The summed E-state index contributed by atoms with van der Waals surface area (Å²) in [5, 5.41) is 10.0. The fourth-order valence-corrected chi connectivity index (χ4v) is 2.31. The van der Waals surface area contributed by atoms with Crippen LogP contribution in [0.3, 0.4) is 0 Å². The minimum Gasteiger partial charge on any atom is -0.497 e. The Hall–Kier alpha value is -1.97. The van der Waals surface area contributed by atoms with Crippen molar-refractivity contribution in [2.75, 3.05) is 7.11 Å². The van der Waals surface area contributed by atoms with Gasteiger partial charge in [0.05, 0.1) is 7.11 Å². The first-order chi connectivity index (χ1) is 10.0. The van der Waals surface area contributed by atoms with E-state index in [0.29, 0.717) is 32.5 Å². The lowest BCUT2D eigenvalue weighted by molar-refractivity contribution is -0.131. The van der Waals surface area contributed by atoms with Crippen molar-refractivity contribution in [2.45, 2.75) is 0 Å². The molecule has 108 valence electrons. The van der Waals surface area contributed by atoms with E-state index in [4.69, 9.17) is 33.0 Å². The maximum atomic E-state index is 11.1. The van der Waals surface area contributed by atoms with Gasteiger partial charge in [-0.1, -0.05) is 35.3 Å². The average Bonchev–Trinajstić information content (AvgIpc) is 2.47. The van der Waals surface area contributed by atoms with Crippen molar-refractivity contribution in [1.29, 1.82) is 0 Å². The summed E-state index contributed by atoms with van der Waals surface area (Å²) in [5.74, 6) is -0.373. The van der Waals surface area contributed by atoms with Crippen molar-refractivity contribution in [3.8, 4) is 5.75 Å². The molecule has 2 aromatic rings. The van der Waals surface area contributed by atoms with Crippen LogP contribution in [-0.4, -0.2) is 18.2 Å². The molecule has 5 heteroatoms. The van der Waals surface area contributed by atoms with Crippen LogP contribution in [0.25, 0.3) is 5.57 Å². The van der Waals surface area contributed by atoms with Crippen LogP contribution in [-0.2, 0) is 4.79 Å². The van der Waals surface area contributed by atoms with Gasteiger partial charge in [0.2, 0.25) is 0 Å². The molecule has 2 aromatic carbocycles. The summed E-state index contributed by atoms with van der Waals surface area (Å²) in [7, 11) is 1.57. The molecular weight excluding hydrogens is 311 g/mol. The van der Waals surface area contributed by atoms with Crippen molar-refractivity contribution in [1.82, 2.24) is 0 Å². The molecule has 1 N–H and O–H groups in total. The zero-order valence-corrected chi connectivity index (χ0v) is 12.7. The summed E-state index contributed by atoms with van der Waals surface area (Å²) < 4.78 is 5.10. The predicted molar refractivity (Wildman–Crippen MR) is 84.2 cm³/mol. The highest BCUT2D eigenvalue weighted by atomic mass is 35.5. The first kappa shape index (κ1) is 15.4. The molecule has 2 rings (SSSR count). The van der Waals surface area contributed by atoms with E-state index >= 15 is 0 Å². The van der Waals surface area contributed by atoms with Crippen molar-refractivity contribution in [2.24, 2.45) is 0 Å². The summed E-state index contributed by atoms with van der Waals surface area (Å²) >= 11 is 12.1. The topological polar surface area (TPSA) is 46.5 Å². The normalized spacial score (nSPS) is 11.3. The predicted octanol–water partition coefficient (Wildman–Crippen LogP) is 4.52. The monoisotopic (exact) mass is 322 g/mol. The molecule has 21 heavy (non-hydrogen) atoms. The lowest BCUT2D eigenvalue weighted by atomic mass is 9.97. The lowest BCUT2D eigenvalue weighted by Gasteiger charge is -2.11. The summed E-state index contributed by atoms with van der Waals surface area (Å²) in [4.78, 5) is 11.1. The number of rotatable bonds is 4. The summed E-state index contributed by atoms with van der Waals surface area (Å²) in [6.45, 7) is 0. The summed E-state index contributed by atoms with van der Waals surface area (Å²) in [6.07, 6.45) is 1.11. The molecule has 0 atom stereocenters. The van der Waals surface area contributed by atoms with Gasteiger partial charge < -0.3 is 9.84 Å². The Morgan fingerprint density at radius 3 is 2.38 bits per heavy atom. The first-order valence-electron chi connectivity index (χ1n) is 6.05. The van der Waals surface area contributed by atoms with E-state index in [9.17, 15) is 4.79 Å². The molecule has 0 unspecified atom stereocenters. The molecule has 0 spiro atoms. The molecule has 0 saturated carbocycles. The molecule has 0 bridgehead atoms. The van der Waals surface area contributed by atoms with E-state index in [1.807, 2.05) is 0 Å². The first-order valence-corrected chi connectivity index (χ1v) is 6.81. The molecule has 0 fully saturated rings. The molecule has 0 aliphatic carbocycles. The van der Waals surface area contributed by atoms with E-state index < -0.39 is 5.97 Å². The second-order valence-corrected chi connectivity index (χ2v) is 5.09. The fraction of sp³-hybridized carbons (Fsp3) is 0.0625. The summed E-state index contributed by atoms with van der Waals surface area (Å²) in [6, 6.07) is 12.0. The minimum absolute atomic E-state index is 0.433. The Morgan fingerprint density at radius 1 is 1.14 bits per heavy atom. The molecule has 0 aliphatic heterocycles. The number of benzene rings is 2. The maximum Gasteiger partial charge on any atom is 0.328 e. The minimum atomic E-state index is -1.06. The largest absolute Gasteiger partial charge is 0.497 e. The van der Waals surface area contributed by atoms with Gasteiger partial charge in [-0.05, 0) is 41.5 Å². The Bertz CT molecular complexity index is 691. The number of ether oxygens (including phenoxy) is 1. The Morgan fingerprint density at radius 2 is 1.81 bits per heavy atom. The van der Waals surface area contributed by atoms with Crippen LogP contribution in [0.4, 0.5) is 0 Å². The third-order valence-electron chi connectivity index (χ3n) is 2.89. The second kappa shape index (κ2) is 6.66. The number of hydrogen-bond acceptors (Lipinski definition) is 2. The van der Waals surface area contributed by atoms with Crippen molar-refractivity contribution in [3.63, 3.8) is 0 Å². The van der Waals surface area contributed by atoms with Crippen LogP contribution < -0.4 is 4.74 Å². The van der Waals surface area contributed by atoms with Gasteiger partial charge in [-0.2, -0.15) is 0 Å². The van der Waals surface area contributed by atoms with Gasteiger partial charge in [-0.25, -0.2) is 4.79 Å². The van der Waals surface area contributed by atoms with E-state index in [2.05, 4.69) is 0 Å². The van der Waals surface area contributed by atoms with Crippen LogP contribution in [0.15, 0.2) is 48.5 Å². The molecule has 0 heterocycles. The summed E-state index contributed by atoms with van der Waals surface area (Å²) in [5.41, 5.74) is 1.76. The number of carboxylic acids is 1. The van der Waals surface area contributed by atoms with E-state index in [1.54, 1.807) is 49.6 Å². The number of methoxy groups -OCH3 is 1. The maximum absolute atomic E-state index is 11.1. The van der Waals surface area contributed by atoms with E-state index in [-0.39, 0.29) is 0 Å². The number of aliphatic carboxylic acids is 1. The van der Waals surface area contributed by atoms with Gasteiger partial charge in [0.1, 0.15) is 5.75 Å². The fourth-order valence-electron chi connectivity index (χ4n) is 1.91. The third-order valence-corrected chi connectivity index (χ3v) is 3.45. The molecule has 0 radical (unpaired) electrons. The van der Waals surface area contributed by atoms with Crippen LogP contribution >= 0.6 is 23.2 Å².